The monoisotopic (exact) mass is 772 g/mol. The second-order valence-electron chi connectivity index (χ2n) is 14.3. The third-order valence-electron chi connectivity index (χ3n) is 7.91. The second kappa shape index (κ2) is 17.0. The van der Waals surface area contributed by atoms with Gasteiger partial charge in [0, 0.05) is 0 Å². The molecule has 0 heterocycles. The number of halogens is 2. The van der Waals surface area contributed by atoms with E-state index >= 15 is 0 Å². The van der Waals surface area contributed by atoms with Crippen molar-refractivity contribution in [2.24, 2.45) is 0 Å². The molecule has 0 N–H and O–H groups in total. The summed E-state index contributed by atoms with van der Waals surface area (Å²) < 4.78 is 0. The van der Waals surface area contributed by atoms with Crippen molar-refractivity contribution in [2.75, 3.05) is 0 Å². The minimum atomic E-state index is -1.21. The summed E-state index contributed by atoms with van der Waals surface area (Å²) in [5.74, 6) is 0. The molecule has 0 aliphatic carbocycles. The Bertz CT molecular complexity index is 1730. The minimum Gasteiger partial charge on any atom is -1.00 e. The zero-order valence-corrected chi connectivity index (χ0v) is 36.1. The molecule has 0 aliphatic rings. The van der Waals surface area contributed by atoms with Crippen LogP contribution in [-0.2, 0) is 23.3 Å². The van der Waals surface area contributed by atoms with Gasteiger partial charge in [-0.2, -0.15) is 12.1 Å². The number of benzene rings is 4. The molecule has 0 spiro atoms. The van der Waals surface area contributed by atoms with Gasteiger partial charge in [0.2, 0.25) is 0 Å². The number of rotatable bonds is 4. The van der Waals surface area contributed by atoms with E-state index in [1.807, 2.05) is 0 Å². The van der Waals surface area contributed by atoms with Gasteiger partial charge in [-0.15, -0.1) is 69.1 Å². The first-order chi connectivity index (χ1) is 20.6. The van der Waals surface area contributed by atoms with Gasteiger partial charge >= 0.3 is 41.9 Å². The summed E-state index contributed by atoms with van der Waals surface area (Å²) in [6, 6.07) is 40.6. The van der Waals surface area contributed by atoms with Crippen molar-refractivity contribution in [3.63, 3.8) is 0 Å². The van der Waals surface area contributed by atoms with Crippen LogP contribution in [-0.4, -0.2) is 21.6 Å². The predicted molar refractivity (Wildman–Crippen MR) is 203 cm³/mol. The van der Waals surface area contributed by atoms with Crippen LogP contribution in [0.1, 0.15) is 11.1 Å². The smallest absolute Gasteiger partial charge is 0.0775 e. The van der Waals surface area contributed by atoms with E-state index in [0.717, 1.165) is 0 Å². The van der Waals surface area contributed by atoms with Crippen molar-refractivity contribution in [2.45, 2.75) is 66.2 Å². The van der Waals surface area contributed by atoms with E-state index in [9.17, 15) is 0 Å². The Morgan fingerprint density at radius 2 is 0.826 bits per heavy atom. The van der Waals surface area contributed by atoms with E-state index in [-0.39, 0.29) is 30.2 Å². The third kappa shape index (κ3) is 10.6. The summed E-state index contributed by atoms with van der Waals surface area (Å²) in [5.41, 5.74) is 8.22. The fraction of sp³-hybridized carbons (Fsp3) is 0.250. The normalized spacial score (nSPS) is 11.0. The van der Waals surface area contributed by atoms with Crippen molar-refractivity contribution in [3.05, 3.63) is 120 Å². The maximum absolute atomic E-state index is 2.39. The summed E-state index contributed by atoms with van der Waals surface area (Å²) in [4.78, 5) is 0. The molecule has 6 heteroatoms. The number of hydrogen-bond donors (Lipinski definition) is 0. The molecule has 240 valence electrons. The molecule has 0 amide bonds. The van der Waals surface area contributed by atoms with Crippen LogP contribution in [0.2, 0.25) is 52.4 Å². The third-order valence-corrected chi connectivity index (χ3v) is 12.0. The number of aryl methyl sites for hydroxylation is 2. The fourth-order valence-corrected chi connectivity index (χ4v) is 7.91. The van der Waals surface area contributed by atoms with Crippen LogP contribution in [0.15, 0.2) is 109 Å². The summed E-state index contributed by atoms with van der Waals surface area (Å²) in [6.07, 6.45) is 0. The van der Waals surface area contributed by atoms with Crippen molar-refractivity contribution in [3.8, 4) is 22.3 Å². The molecule has 0 saturated carbocycles. The van der Waals surface area contributed by atoms with Crippen LogP contribution in [0.5, 0.6) is 0 Å². The van der Waals surface area contributed by atoms with E-state index in [4.69, 9.17) is 0 Å². The topological polar surface area (TPSA) is 0 Å². The van der Waals surface area contributed by atoms with Crippen molar-refractivity contribution in [1.29, 1.82) is 0 Å². The van der Waals surface area contributed by atoms with E-state index in [0.29, 0.717) is 0 Å². The Hall–Kier alpha value is -1.79. The Balaban J connectivity index is 0.000000276. The van der Waals surface area contributed by atoms with Crippen LogP contribution in [0.3, 0.4) is 0 Å². The summed E-state index contributed by atoms with van der Waals surface area (Å²) in [7, 11) is -2.41. The average Bonchev–Trinajstić information content (AvgIpc) is 3.53. The predicted octanol–water partition coefficient (Wildman–Crippen LogP) is 4.95. The summed E-state index contributed by atoms with van der Waals surface area (Å²) in [5, 5.41) is 8.46. The second-order valence-corrected chi connectivity index (χ2v) is 33.9. The van der Waals surface area contributed by atoms with Gasteiger partial charge in [0.05, 0.1) is 16.1 Å². The Labute approximate surface area is 308 Å². The van der Waals surface area contributed by atoms with Crippen LogP contribution < -0.4 is 35.2 Å². The molecule has 0 atom stereocenters. The van der Waals surface area contributed by atoms with Gasteiger partial charge in [-0.3, -0.25) is 0 Å². The fourth-order valence-electron chi connectivity index (χ4n) is 5.57. The molecular weight excluding hydrogens is 727 g/mol. The van der Waals surface area contributed by atoms with Crippen molar-refractivity contribution in [1.82, 2.24) is 0 Å². The van der Waals surface area contributed by atoms with Gasteiger partial charge in [-0.05, 0) is 11.1 Å². The molecule has 0 bridgehead atoms. The molecule has 6 aromatic rings. The quantitative estimate of drug-likeness (QED) is 0.176. The molecule has 0 aliphatic heterocycles. The molecule has 0 radical (unpaired) electrons. The first-order valence-electron chi connectivity index (χ1n) is 15.7. The zero-order valence-electron chi connectivity index (χ0n) is 29.1. The van der Waals surface area contributed by atoms with E-state index in [2.05, 4.69) is 175 Å². The molecule has 0 saturated heterocycles. The first-order valence-corrected chi connectivity index (χ1v) is 28.9. The van der Waals surface area contributed by atoms with E-state index < -0.39 is 16.1 Å². The van der Waals surface area contributed by atoms with E-state index in [1.54, 1.807) is 23.3 Å². The van der Waals surface area contributed by atoms with Crippen LogP contribution in [0.4, 0.5) is 0 Å². The van der Waals surface area contributed by atoms with Gasteiger partial charge in [-0.1, -0.05) is 135 Å². The Morgan fingerprint density at radius 1 is 0.522 bits per heavy atom. The van der Waals surface area contributed by atoms with Crippen molar-refractivity contribution < 1.29 is 48.1 Å². The van der Waals surface area contributed by atoms with Gasteiger partial charge in [-0.25, -0.2) is 0 Å². The maximum atomic E-state index is 2.39. The number of fused-ring (bicyclic) bond motifs is 2. The molecule has 0 nitrogen and oxygen atoms in total. The molecule has 0 unspecified atom stereocenters. The van der Waals surface area contributed by atoms with Gasteiger partial charge in [0.1, 0.15) is 0 Å². The molecule has 0 fully saturated rings. The van der Waals surface area contributed by atoms with Crippen LogP contribution >= 0.6 is 0 Å². The summed E-state index contributed by atoms with van der Waals surface area (Å²) in [6.45, 7) is 23.3. The molecule has 0 aromatic heterocycles. The molecular formula is C40H48Cl2Si3Zr-2. The van der Waals surface area contributed by atoms with Crippen molar-refractivity contribution >= 4 is 53.5 Å². The molecule has 46 heavy (non-hydrogen) atoms. The van der Waals surface area contributed by atoms with E-state index in [1.165, 1.54) is 65.3 Å². The van der Waals surface area contributed by atoms with Crippen LogP contribution in [0, 0.1) is 13.8 Å². The Morgan fingerprint density at radius 3 is 1.11 bits per heavy atom. The first kappa shape index (κ1) is 40.4. The molecule has 6 aromatic carbocycles. The average molecular weight is 775 g/mol. The molecule has 6 rings (SSSR count). The maximum Gasteiger partial charge on any atom is 0.0775 e. The Kier molecular flexibility index (Phi) is 15.0. The van der Waals surface area contributed by atoms with Gasteiger partial charge in [0.25, 0.3) is 0 Å². The standard InChI is InChI=1S/2C19H21Si.C2H6Si.2ClH.Zr/c2*1-14-12-16-6-5-7-18(19(16)13-14)15-8-10-17(11-9-15)20(2,3)4;1-3-2;;;/h2*5-13H,1-4H3;1-2H3;2*1H;/q2*-1;;;;+2/p-2. The zero-order chi connectivity index (χ0) is 32.2. The summed E-state index contributed by atoms with van der Waals surface area (Å²) >= 11 is 1.74. The van der Waals surface area contributed by atoms with Gasteiger partial charge < -0.3 is 24.8 Å². The largest absolute Gasteiger partial charge is 1.00 e. The SMILES string of the molecule is C[Si](C)=[Zr+2].Cc1cc2c(-c3ccc([Si](C)(C)C)cc3)cccc2[cH-]1.Cc1cc2c(-c3ccc([Si](C)(C)C)cc3)cccc2[cH-]1.[Cl-].[Cl-]. The van der Waals surface area contributed by atoms with Gasteiger partial charge in [0.15, 0.2) is 0 Å². The number of hydrogen-bond acceptors (Lipinski definition) is 0. The van der Waals surface area contributed by atoms with Crippen LogP contribution in [0.25, 0.3) is 43.8 Å². The minimum absolute atomic E-state index is 0.